The molecule has 2 aliphatic heterocycles. The molecule has 0 aromatic carbocycles. The minimum atomic E-state index is -1.62. The molecule has 0 aromatic rings. The van der Waals surface area contributed by atoms with E-state index < -0.39 is 67.5 Å². The lowest BCUT2D eigenvalue weighted by Crippen LogP contribution is -2.60. The molecular formula is C19H28O11. The first-order valence-electron chi connectivity index (χ1n) is 9.70. The number of carbonyl (C=O) groups is 1. The fraction of sp³-hybridized carbons (Fsp3) is 0.737. The number of aliphatic hydroxyl groups excluding tert-OH is 5. The number of carbonyl (C=O) groups excluding carboxylic acids is 1. The van der Waals surface area contributed by atoms with Crippen LogP contribution in [0.4, 0.5) is 0 Å². The second-order valence-corrected chi connectivity index (χ2v) is 7.27. The quantitative estimate of drug-likeness (QED) is 0.219. The molecule has 5 N–H and O–H groups in total. The second-order valence-electron chi connectivity index (χ2n) is 7.27. The Bertz CT molecular complexity index is 675. The fourth-order valence-corrected chi connectivity index (χ4v) is 4.11. The molecule has 0 unspecified atom stereocenters. The van der Waals surface area contributed by atoms with Crippen LogP contribution in [0.1, 0.15) is 6.92 Å². The summed E-state index contributed by atoms with van der Waals surface area (Å²) in [4.78, 5) is 12.3. The first-order chi connectivity index (χ1) is 14.4. The number of aliphatic hydroxyl groups is 5. The minimum Gasteiger partial charge on any atom is -0.471 e. The molecular weight excluding hydrogens is 404 g/mol. The van der Waals surface area contributed by atoms with E-state index in [-0.39, 0.29) is 12.2 Å². The Labute approximate surface area is 173 Å². The van der Waals surface area contributed by atoms with Crippen molar-refractivity contribution in [3.63, 3.8) is 0 Å². The number of methoxy groups -OCH3 is 1. The molecule has 1 fully saturated rings. The van der Waals surface area contributed by atoms with Crippen LogP contribution in [0, 0.1) is 11.8 Å². The summed E-state index contributed by atoms with van der Waals surface area (Å²) in [7, 11) is 1.24. The number of hydrogen-bond acceptors (Lipinski definition) is 11. The average molecular weight is 432 g/mol. The molecule has 0 radical (unpaired) electrons. The molecule has 1 saturated heterocycles. The van der Waals surface area contributed by atoms with E-state index in [4.69, 9.17) is 23.7 Å². The molecule has 11 heteroatoms. The van der Waals surface area contributed by atoms with E-state index in [1.54, 1.807) is 13.0 Å². The summed E-state index contributed by atoms with van der Waals surface area (Å²) in [5.74, 6) is -1.87. The lowest BCUT2D eigenvalue weighted by molar-refractivity contribution is -0.340. The van der Waals surface area contributed by atoms with Crippen LogP contribution in [-0.2, 0) is 28.5 Å². The van der Waals surface area contributed by atoms with Crippen LogP contribution in [0.5, 0.6) is 0 Å². The summed E-state index contributed by atoms with van der Waals surface area (Å²) in [6, 6.07) is 0. The lowest BCUT2D eigenvalue weighted by atomic mass is 9.82. The molecule has 3 rings (SSSR count). The third kappa shape index (κ3) is 4.12. The molecule has 2 heterocycles. The Hall–Kier alpha value is -1.57. The van der Waals surface area contributed by atoms with Gasteiger partial charge in [-0.05, 0) is 12.5 Å². The predicted molar refractivity (Wildman–Crippen MR) is 97.4 cm³/mol. The van der Waals surface area contributed by atoms with Crippen molar-refractivity contribution >= 4 is 5.97 Å². The van der Waals surface area contributed by atoms with Crippen molar-refractivity contribution in [2.24, 2.45) is 11.8 Å². The van der Waals surface area contributed by atoms with Crippen molar-refractivity contribution in [3.8, 4) is 0 Å². The lowest BCUT2D eigenvalue weighted by Gasteiger charge is -2.43. The monoisotopic (exact) mass is 432 g/mol. The SMILES string of the molecule is CCO[C@H]1C=C(CO)[C@H]2[C@H](O[C@@H]3O[C@H](CO)[C@@H](O)[C@H](O)[C@H]3O)OC=C(C(=O)OC)[C@H]21. The van der Waals surface area contributed by atoms with Crippen molar-refractivity contribution in [3.05, 3.63) is 23.5 Å². The zero-order valence-electron chi connectivity index (χ0n) is 16.7. The number of ether oxygens (including phenoxy) is 5. The minimum absolute atomic E-state index is 0.203. The normalized spacial score (nSPS) is 40.8. The third-order valence-corrected chi connectivity index (χ3v) is 5.61. The molecule has 170 valence electrons. The van der Waals surface area contributed by atoms with Crippen LogP contribution in [0.15, 0.2) is 23.5 Å². The van der Waals surface area contributed by atoms with E-state index in [1.807, 2.05) is 0 Å². The molecule has 0 saturated carbocycles. The zero-order valence-corrected chi connectivity index (χ0v) is 16.7. The summed E-state index contributed by atoms with van der Waals surface area (Å²) in [6.45, 7) is 1.19. The first kappa shape index (κ1) is 23.1. The topological polar surface area (TPSA) is 164 Å². The van der Waals surface area contributed by atoms with Crippen LogP contribution in [0.25, 0.3) is 0 Å². The summed E-state index contributed by atoms with van der Waals surface area (Å²) in [5, 5.41) is 49.4. The number of esters is 1. The predicted octanol–water partition coefficient (Wildman–Crippen LogP) is -2.21. The van der Waals surface area contributed by atoms with Gasteiger partial charge in [-0.1, -0.05) is 6.08 Å². The summed E-state index contributed by atoms with van der Waals surface area (Å²) in [5.41, 5.74) is 0.705. The molecule has 0 bridgehead atoms. The first-order valence-corrected chi connectivity index (χ1v) is 9.70. The highest BCUT2D eigenvalue weighted by Crippen LogP contribution is 2.45. The Morgan fingerprint density at radius 1 is 1.10 bits per heavy atom. The number of rotatable bonds is 7. The molecule has 11 nitrogen and oxygen atoms in total. The van der Waals surface area contributed by atoms with E-state index in [0.717, 1.165) is 0 Å². The van der Waals surface area contributed by atoms with Gasteiger partial charge in [-0.25, -0.2) is 4.79 Å². The standard InChI is InChI=1S/C19H28O11/c1-3-27-10-4-8(5-20)12-13(10)9(17(25)26-2)7-28-18(12)30-19-16(24)15(23)14(22)11(6-21)29-19/h4,7,10-16,18-24H,3,5-6H2,1-2H3/t10-,11+,12+,13-,14+,15-,16+,18-,19-/m0/s1. The van der Waals surface area contributed by atoms with Crippen LogP contribution in [0.2, 0.25) is 0 Å². The zero-order chi connectivity index (χ0) is 22.0. The smallest absolute Gasteiger partial charge is 0.337 e. The van der Waals surface area contributed by atoms with E-state index in [0.29, 0.717) is 12.2 Å². The van der Waals surface area contributed by atoms with Gasteiger partial charge in [-0.15, -0.1) is 0 Å². The van der Waals surface area contributed by atoms with Crippen LogP contribution >= 0.6 is 0 Å². The van der Waals surface area contributed by atoms with Crippen LogP contribution in [0.3, 0.4) is 0 Å². The van der Waals surface area contributed by atoms with Gasteiger partial charge < -0.3 is 49.2 Å². The summed E-state index contributed by atoms with van der Waals surface area (Å²) < 4.78 is 27.3. The van der Waals surface area contributed by atoms with Gasteiger partial charge in [0.25, 0.3) is 0 Å². The molecule has 0 spiro atoms. The maximum absolute atomic E-state index is 12.3. The van der Waals surface area contributed by atoms with Crippen molar-refractivity contribution in [1.29, 1.82) is 0 Å². The molecule has 9 atom stereocenters. The molecule has 30 heavy (non-hydrogen) atoms. The van der Waals surface area contributed by atoms with Crippen molar-refractivity contribution in [2.75, 3.05) is 26.9 Å². The van der Waals surface area contributed by atoms with Gasteiger partial charge in [0.05, 0.1) is 44.2 Å². The third-order valence-electron chi connectivity index (χ3n) is 5.61. The summed E-state index contributed by atoms with van der Waals surface area (Å²) in [6.07, 6.45) is -6.15. The van der Waals surface area contributed by atoms with Gasteiger partial charge in [-0.2, -0.15) is 0 Å². The number of fused-ring (bicyclic) bond motifs is 1. The molecule has 0 aromatic heterocycles. The van der Waals surface area contributed by atoms with Crippen molar-refractivity contribution < 1.29 is 54.0 Å². The van der Waals surface area contributed by atoms with Crippen LogP contribution in [-0.4, -0.2) is 102 Å². The average Bonchev–Trinajstić information content (AvgIpc) is 3.13. The Morgan fingerprint density at radius 2 is 1.83 bits per heavy atom. The van der Waals surface area contributed by atoms with Crippen molar-refractivity contribution in [2.45, 2.75) is 50.0 Å². The highest BCUT2D eigenvalue weighted by Gasteiger charge is 2.52. The van der Waals surface area contributed by atoms with Gasteiger partial charge in [0.2, 0.25) is 6.29 Å². The van der Waals surface area contributed by atoms with E-state index >= 15 is 0 Å². The largest absolute Gasteiger partial charge is 0.471 e. The Morgan fingerprint density at radius 3 is 2.43 bits per heavy atom. The van der Waals surface area contributed by atoms with E-state index in [1.165, 1.54) is 13.4 Å². The van der Waals surface area contributed by atoms with E-state index in [2.05, 4.69) is 0 Å². The van der Waals surface area contributed by atoms with Gasteiger partial charge in [0, 0.05) is 12.5 Å². The van der Waals surface area contributed by atoms with Crippen molar-refractivity contribution in [1.82, 2.24) is 0 Å². The van der Waals surface area contributed by atoms with Gasteiger partial charge in [-0.3, -0.25) is 0 Å². The second kappa shape index (κ2) is 9.71. The summed E-state index contributed by atoms with van der Waals surface area (Å²) >= 11 is 0. The highest BCUT2D eigenvalue weighted by molar-refractivity contribution is 5.89. The maximum atomic E-state index is 12.3. The maximum Gasteiger partial charge on any atom is 0.337 e. The van der Waals surface area contributed by atoms with Gasteiger partial charge in [0.15, 0.2) is 6.29 Å². The molecule has 3 aliphatic rings. The Balaban J connectivity index is 1.87. The van der Waals surface area contributed by atoms with Gasteiger partial charge >= 0.3 is 5.97 Å². The molecule has 0 amide bonds. The van der Waals surface area contributed by atoms with E-state index in [9.17, 15) is 30.3 Å². The molecule has 1 aliphatic carbocycles. The Kier molecular flexibility index (Phi) is 7.47. The van der Waals surface area contributed by atoms with Crippen LogP contribution < -0.4 is 0 Å². The van der Waals surface area contributed by atoms with Gasteiger partial charge in [0.1, 0.15) is 24.4 Å². The number of hydrogen-bond donors (Lipinski definition) is 5. The highest BCUT2D eigenvalue weighted by atomic mass is 16.8. The fourth-order valence-electron chi connectivity index (χ4n) is 4.11.